The van der Waals surface area contributed by atoms with Crippen LogP contribution in [0.2, 0.25) is 0 Å². The molecule has 2 atom stereocenters. The van der Waals surface area contributed by atoms with E-state index in [2.05, 4.69) is 16.7 Å². The number of aromatic nitrogens is 3. The average Bonchev–Trinajstić information content (AvgIpc) is 3.13. The molecule has 3 nitrogen and oxygen atoms in total. The van der Waals surface area contributed by atoms with E-state index in [0.717, 1.165) is 18.4 Å². The van der Waals surface area contributed by atoms with Gasteiger partial charge in [0, 0.05) is 17.4 Å². The van der Waals surface area contributed by atoms with Crippen molar-refractivity contribution in [3.05, 3.63) is 54.1 Å². The first-order chi connectivity index (χ1) is 10.6. The minimum Gasteiger partial charge on any atom is -0.250 e. The number of alkyl halides is 2. The Morgan fingerprint density at radius 3 is 2.68 bits per heavy atom. The summed E-state index contributed by atoms with van der Waals surface area (Å²) in [7, 11) is 0. The lowest BCUT2D eigenvalue weighted by atomic mass is 9.98. The predicted octanol–water partition coefficient (Wildman–Crippen LogP) is 4.04. The quantitative estimate of drug-likeness (QED) is 0.853. The second kappa shape index (κ2) is 4.73. The van der Waals surface area contributed by atoms with Crippen molar-refractivity contribution in [3.8, 4) is 0 Å². The molecule has 4 rings (SSSR count). The molecule has 114 valence electrons. The summed E-state index contributed by atoms with van der Waals surface area (Å²) in [6, 6.07) is 9.57. The van der Waals surface area contributed by atoms with Crippen LogP contribution < -0.4 is 0 Å². The first-order valence-corrected chi connectivity index (χ1v) is 7.56. The van der Waals surface area contributed by atoms with E-state index in [1.54, 1.807) is 4.68 Å². The molecule has 0 spiro atoms. The van der Waals surface area contributed by atoms with Gasteiger partial charge in [-0.15, -0.1) is 0 Å². The van der Waals surface area contributed by atoms with Gasteiger partial charge in [0.2, 0.25) is 0 Å². The minimum atomic E-state index is -1.14. The second-order valence-electron chi connectivity index (χ2n) is 6.26. The zero-order chi connectivity index (χ0) is 15.3. The normalized spacial score (nSPS) is 25.0. The third-order valence-corrected chi connectivity index (χ3v) is 4.87. The lowest BCUT2D eigenvalue weighted by Gasteiger charge is -2.13. The van der Waals surface area contributed by atoms with E-state index in [4.69, 9.17) is 0 Å². The van der Waals surface area contributed by atoms with Crippen LogP contribution in [0.25, 0.3) is 5.57 Å². The number of fused-ring (bicyclic) bond motifs is 1. The Balaban J connectivity index is 1.71. The van der Waals surface area contributed by atoms with Crippen LogP contribution in [0.15, 0.2) is 36.9 Å². The van der Waals surface area contributed by atoms with Gasteiger partial charge in [0.1, 0.15) is 0 Å². The molecule has 0 bridgehead atoms. The van der Waals surface area contributed by atoms with Crippen molar-refractivity contribution in [1.82, 2.24) is 14.8 Å². The Morgan fingerprint density at radius 2 is 2.05 bits per heavy atom. The third kappa shape index (κ3) is 1.91. The molecule has 1 aliphatic heterocycles. The van der Waals surface area contributed by atoms with Crippen LogP contribution in [0, 0.1) is 5.41 Å². The Morgan fingerprint density at radius 1 is 1.32 bits per heavy atom. The van der Waals surface area contributed by atoms with Crippen molar-refractivity contribution in [2.45, 2.75) is 31.5 Å². The van der Waals surface area contributed by atoms with Crippen LogP contribution in [0.1, 0.15) is 48.7 Å². The number of rotatable bonds is 4. The van der Waals surface area contributed by atoms with Crippen molar-refractivity contribution in [3.63, 3.8) is 0 Å². The molecule has 1 aromatic carbocycles. The Labute approximate surface area is 127 Å². The van der Waals surface area contributed by atoms with Crippen molar-refractivity contribution >= 4 is 5.57 Å². The summed E-state index contributed by atoms with van der Waals surface area (Å²) in [5, 5.41) is 4.45. The van der Waals surface area contributed by atoms with E-state index >= 15 is 0 Å². The maximum atomic E-state index is 14.3. The lowest BCUT2D eigenvalue weighted by molar-refractivity contribution is 0.328. The highest BCUT2D eigenvalue weighted by Gasteiger charge is 2.48. The van der Waals surface area contributed by atoms with Crippen molar-refractivity contribution in [2.75, 3.05) is 6.67 Å². The molecule has 2 aromatic rings. The van der Waals surface area contributed by atoms with Gasteiger partial charge in [0.15, 0.2) is 17.8 Å². The van der Waals surface area contributed by atoms with E-state index in [0.29, 0.717) is 23.6 Å². The van der Waals surface area contributed by atoms with Crippen molar-refractivity contribution < 1.29 is 8.78 Å². The van der Waals surface area contributed by atoms with E-state index in [1.807, 2.05) is 30.3 Å². The van der Waals surface area contributed by atoms with E-state index in [9.17, 15) is 8.78 Å². The number of halogens is 2. The van der Waals surface area contributed by atoms with Gasteiger partial charge in [0.05, 0.1) is 12.7 Å². The van der Waals surface area contributed by atoms with Crippen LogP contribution in [-0.4, -0.2) is 21.4 Å². The van der Waals surface area contributed by atoms with Crippen molar-refractivity contribution in [1.29, 1.82) is 0 Å². The predicted molar refractivity (Wildman–Crippen MR) is 79.7 cm³/mol. The summed E-state index contributed by atoms with van der Waals surface area (Å²) < 4.78 is 29.1. The highest BCUT2D eigenvalue weighted by atomic mass is 19.1. The SMILES string of the molecule is C=C(c1nc2n(n1)C(c1ccccc1)CC2F)C1(CF)CC1. The largest absolute Gasteiger partial charge is 0.250 e. The summed E-state index contributed by atoms with van der Waals surface area (Å²) in [5.41, 5.74) is 1.12. The van der Waals surface area contributed by atoms with Crippen LogP contribution in [0.3, 0.4) is 0 Å². The number of hydrogen-bond donors (Lipinski definition) is 0. The summed E-state index contributed by atoms with van der Waals surface area (Å²) in [4.78, 5) is 4.31. The van der Waals surface area contributed by atoms with Crippen LogP contribution >= 0.6 is 0 Å². The molecule has 2 unspecified atom stereocenters. The molecule has 0 N–H and O–H groups in total. The van der Waals surface area contributed by atoms with Gasteiger partial charge in [-0.2, -0.15) is 5.10 Å². The minimum absolute atomic E-state index is 0.152. The number of allylic oxidation sites excluding steroid dienone is 1. The molecule has 2 aliphatic rings. The Bertz CT molecular complexity index is 719. The molecule has 5 heteroatoms. The van der Waals surface area contributed by atoms with E-state index in [1.165, 1.54) is 0 Å². The number of nitrogens with zero attached hydrogens (tertiary/aromatic N) is 3. The molecule has 22 heavy (non-hydrogen) atoms. The molecular formula is C17H17F2N3. The first-order valence-electron chi connectivity index (χ1n) is 7.56. The van der Waals surface area contributed by atoms with Gasteiger partial charge in [-0.1, -0.05) is 36.9 Å². The van der Waals surface area contributed by atoms with E-state index < -0.39 is 18.3 Å². The Hall–Kier alpha value is -2.04. The maximum Gasteiger partial charge on any atom is 0.177 e. The van der Waals surface area contributed by atoms with Crippen LogP contribution in [-0.2, 0) is 0 Å². The number of benzene rings is 1. The molecular weight excluding hydrogens is 284 g/mol. The standard InChI is InChI=1S/C17H17F2N3/c1-11(17(10-18)7-8-17)15-20-16-13(19)9-14(22(16)21-15)12-5-3-2-4-6-12/h2-6,13-14H,1,7-10H2. The van der Waals surface area contributed by atoms with E-state index in [-0.39, 0.29) is 6.04 Å². The highest BCUT2D eigenvalue weighted by Crippen LogP contribution is 2.55. The molecule has 0 radical (unpaired) electrons. The fourth-order valence-electron chi connectivity index (χ4n) is 3.16. The molecule has 0 saturated heterocycles. The summed E-state index contributed by atoms with van der Waals surface area (Å²) >= 11 is 0. The Kier molecular flexibility index (Phi) is 2.93. The second-order valence-corrected chi connectivity index (χ2v) is 6.26. The highest BCUT2D eigenvalue weighted by molar-refractivity contribution is 5.66. The fraction of sp³-hybridized carbons (Fsp3) is 0.412. The number of hydrogen-bond acceptors (Lipinski definition) is 2. The zero-order valence-electron chi connectivity index (χ0n) is 12.2. The molecule has 1 saturated carbocycles. The lowest BCUT2D eigenvalue weighted by Crippen LogP contribution is -2.10. The van der Waals surface area contributed by atoms with Gasteiger partial charge in [0.25, 0.3) is 0 Å². The van der Waals surface area contributed by atoms with Crippen molar-refractivity contribution in [2.24, 2.45) is 5.41 Å². The van der Waals surface area contributed by atoms with Gasteiger partial charge in [-0.3, -0.25) is 4.39 Å². The molecule has 2 heterocycles. The monoisotopic (exact) mass is 301 g/mol. The fourth-order valence-corrected chi connectivity index (χ4v) is 3.16. The van der Waals surface area contributed by atoms with Crippen LogP contribution in [0.4, 0.5) is 8.78 Å². The smallest absolute Gasteiger partial charge is 0.177 e. The summed E-state index contributed by atoms with van der Waals surface area (Å²) in [6.45, 7) is 3.52. The molecule has 1 fully saturated rings. The van der Waals surface area contributed by atoms with Gasteiger partial charge >= 0.3 is 0 Å². The zero-order valence-corrected chi connectivity index (χ0v) is 12.2. The summed E-state index contributed by atoms with van der Waals surface area (Å²) in [6.07, 6.45) is 0.751. The van der Waals surface area contributed by atoms with Gasteiger partial charge < -0.3 is 0 Å². The molecule has 0 amide bonds. The third-order valence-electron chi connectivity index (χ3n) is 4.87. The van der Waals surface area contributed by atoms with Crippen LogP contribution in [0.5, 0.6) is 0 Å². The van der Waals surface area contributed by atoms with Gasteiger partial charge in [-0.25, -0.2) is 14.1 Å². The molecule has 1 aromatic heterocycles. The topological polar surface area (TPSA) is 30.7 Å². The average molecular weight is 301 g/mol. The molecule has 1 aliphatic carbocycles. The first kappa shape index (κ1) is 13.6. The maximum absolute atomic E-state index is 14.3. The summed E-state index contributed by atoms with van der Waals surface area (Å²) in [5.74, 6) is 0.730. The van der Waals surface area contributed by atoms with Gasteiger partial charge in [-0.05, 0) is 18.4 Å².